The zero-order valence-electron chi connectivity index (χ0n) is 10.5. The molecule has 2 aromatic rings. The van der Waals surface area contributed by atoms with E-state index in [-0.39, 0.29) is 0 Å². The molecule has 19 heavy (non-hydrogen) atoms. The Morgan fingerprint density at radius 2 is 1.89 bits per heavy atom. The summed E-state index contributed by atoms with van der Waals surface area (Å²) in [5.41, 5.74) is 2.45. The number of hydrogen-bond donors (Lipinski definition) is 0. The van der Waals surface area contributed by atoms with Crippen molar-refractivity contribution in [2.45, 2.75) is 13.8 Å². The van der Waals surface area contributed by atoms with Gasteiger partial charge in [-0.05, 0) is 43.7 Å². The molecule has 4 heteroatoms. The molecule has 0 aromatic heterocycles. The third-order valence-corrected chi connectivity index (χ3v) is 3.50. The van der Waals surface area contributed by atoms with E-state index in [1.807, 2.05) is 32.0 Å². The van der Waals surface area contributed by atoms with Crippen LogP contribution in [0.25, 0.3) is 0 Å². The van der Waals surface area contributed by atoms with Gasteiger partial charge in [-0.2, -0.15) is 0 Å². The summed E-state index contributed by atoms with van der Waals surface area (Å²) in [5.74, 6) is -0.0406. The maximum atomic E-state index is 12.1. The Hall–Kier alpha value is -1.32. The fourth-order valence-electron chi connectivity index (χ4n) is 1.67. The van der Waals surface area contributed by atoms with Crippen LogP contribution in [-0.2, 0) is 0 Å². The van der Waals surface area contributed by atoms with Gasteiger partial charge in [-0.15, -0.1) is 0 Å². The van der Waals surface area contributed by atoms with Gasteiger partial charge >= 0.3 is 5.97 Å². The molecule has 0 aliphatic rings. The predicted molar refractivity (Wildman–Crippen MR) is 80.0 cm³/mol. The van der Waals surface area contributed by atoms with Gasteiger partial charge in [-0.1, -0.05) is 45.2 Å². The third-order valence-electron chi connectivity index (χ3n) is 2.71. The van der Waals surface area contributed by atoms with Crippen LogP contribution < -0.4 is 4.74 Å². The second kappa shape index (κ2) is 5.76. The van der Waals surface area contributed by atoms with Gasteiger partial charge in [0.25, 0.3) is 0 Å². The predicted octanol–water partition coefficient (Wildman–Crippen LogP) is 4.94. The molecule has 0 radical (unpaired) electrons. The highest BCUT2D eigenvalue weighted by Gasteiger charge is 2.13. The molecule has 98 valence electrons. The maximum Gasteiger partial charge on any atom is 0.343 e. The highest BCUT2D eigenvalue weighted by molar-refractivity contribution is 9.10. The number of esters is 1. The van der Waals surface area contributed by atoms with E-state index in [1.54, 1.807) is 18.2 Å². The second-order valence-electron chi connectivity index (χ2n) is 4.28. The average Bonchev–Trinajstić information content (AvgIpc) is 2.35. The first-order valence-corrected chi connectivity index (χ1v) is 6.89. The van der Waals surface area contributed by atoms with Crippen molar-refractivity contribution in [2.24, 2.45) is 0 Å². The lowest BCUT2D eigenvalue weighted by atomic mass is 10.1. The van der Waals surface area contributed by atoms with Crippen LogP contribution in [0.2, 0.25) is 5.02 Å². The molecule has 0 spiro atoms. The third kappa shape index (κ3) is 3.37. The molecular weight excluding hydrogens is 328 g/mol. The molecule has 0 amide bonds. The van der Waals surface area contributed by atoms with Crippen LogP contribution in [0, 0.1) is 13.8 Å². The first-order valence-electron chi connectivity index (χ1n) is 5.72. The van der Waals surface area contributed by atoms with Crippen LogP contribution in [0.4, 0.5) is 0 Å². The fourth-order valence-corrected chi connectivity index (χ4v) is 2.38. The van der Waals surface area contributed by atoms with E-state index in [1.165, 1.54) is 0 Å². The Kier molecular flexibility index (Phi) is 4.27. The van der Waals surface area contributed by atoms with Crippen LogP contribution in [0.5, 0.6) is 5.75 Å². The van der Waals surface area contributed by atoms with Crippen LogP contribution >= 0.6 is 27.5 Å². The molecule has 0 aliphatic carbocycles. The van der Waals surface area contributed by atoms with E-state index in [9.17, 15) is 4.79 Å². The molecule has 2 nitrogen and oxygen atoms in total. The summed E-state index contributed by atoms with van der Waals surface area (Å²) in [7, 11) is 0. The van der Waals surface area contributed by atoms with Crippen molar-refractivity contribution in [3.63, 3.8) is 0 Å². The summed E-state index contributed by atoms with van der Waals surface area (Å²) in [6, 6.07) is 10.8. The minimum Gasteiger partial charge on any atom is -0.421 e. The van der Waals surface area contributed by atoms with E-state index in [0.717, 1.165) is 15.6 Å². The van der Waals surface area contributed by atoms with E-state index >= 15 is 0 Å². The van der Waals surface area contributed by atoms with Crippen molar-refractivity contribution in [3.8, 4) is 5.75 Å². The van der Waals surface area contributed by atoms with Crippen LogP contribution in [-0.4, -0.2) is 5.97 Å². The maximum absolute atomic E-state index is 12.1. The molecule has 0 saturated carbocycles. The zero-order valence-corrected chi connectivity index (χ0v) is 12.9. The fraction of sp³-hybridized carbons (Fsp3) is 0.133. The monoisotopic (exact) mass is 338 g/mol. The van der Waals surface area contributed by atoms with Crippen molar-refractivity contribution in [2.75, 3.05) is 0 Å². The Bertz CT molecular complexity index is 638. The van der Waals surface area contributed by atoms with Crippen molar-refractivity contribution >= 4 is 33.5 Å². The van der Waals surface area contributed by atoms with Crippen LogP contribution in [0.1, 0.15) is 21.5 Å². The summed E-state index contributed by atoms with van der Waals surface area (Å²) in [6.45, 7) is 3.81. The summed E-state index contributed by atoms with van der Waals surface area (Å²) >= 11 is 9.33. The molecule has 0 heterocycles. The van der Waals surface area contributed by atoms with Gasteiger partial charge in [0, 0.05) is 4.47 Å². The van der Waals surface area contributed by atoms with Crippen molar-refractivity contribution in [1.29, 1.82) is 0 Å². The molecule has 2 rings (SSSR count). The van der Waals surface area contributed by atoms with Gasteiger partial charge in [0.05, 0.1) is 10.6 Å². The zero-order chi connectivity index (χ0) is 14.0. The summed E-state index contributed by atoms with van der Waals surface area (Å²) in [5, 5.41) is 0.396. The largest absolute Gasteiger partial charge is 0.421 e. The number of halogens is 2. The van der Waals surface area contributed by atoms with E-state index in [0.29, 0.717) is 16.3 Å². The van der Waals surface area contributed by atoms with E-state index in [4.69, 9.17) is 16.3 Å². The van der Waals surface area contributed by atoms with Crippen LogP contribution in [0.15, 0.2) is 40.9 Å². The van der Waals surface area contributed by atoms with Crippen molar-refractivity contribution < 1.29 is 9.53 Å². The lowest BCUT2D eigenvalue weighted by molar-refractivity contribution is 0.0734. The van der Waals surface area contributed by atoms with Gasteiger partial charge in [0.2, 0.25) is 0 Å². The Morgan fingerprint density at radius 3 is 2.58 bits per heavy atom. The molecule has 2 aromatic carbocycles. The molecule has 0 aliphatic heterocycles. The Morgan fingerprint density at radius 1 is 1.16 bits per heavy atom. The highest BCUT2D eigenvalue weighted by atomic mass is 79.9. The number of carbonyl (C=O) groups excluding carboxylic acids is 1. The van der Waals surface area contributed by atoms with Gasteiger partial charge in [-0.3, -0.25) is 0 Å². The standard InChI is InChI=1S/C15H12BrClO2/c1-9-3-4-10(2)12(7-9)15(18)19-14-6-5-11(16)8-13(14)17/h3-8H,1-2H3. The Balaban J connectivity index is 2.28. The number of benzene rings is 2. The van der Waals surface area contributed by atoms with Gasteiger partial charge in [0.1, 0.15) is 5.75 Å². The van der Waals surface area contributed by atoms with Gasteiger partial charge < -0.3 is 4.74 Å². The highest BCUT2D eigenvalue weighted by Crippen LogP contribution is 2.28. The summed E-state index contributed by atoms with van der Waals surface area (Å²) in [6.07, 6.45) is 0. The lowest BCUT2D eigenvalue weighted by Crippen LogP contribution is -2.10. The number of ether oxygens (including phenoxy) is 1. The summed E-state index contributed by atoms with van der Waals surface area (Å²) in [4.78, 5) is 12.1. The Labute approximate surface area is 125 Å². The molecule has 0 saturated heterocycles. The number of carbonyl (C=O) groups is 1. The van der Waals surface area contributed by atoms with E-state index in [2.05, 4.69) is 15.9 Å². The topological polar surface area (TPSA) is 26.3 Å². The van der Waals surface area contributed by atoms with Crippen molar-refractivity contribution in [3.05, 3.63) is 62.6 Å². The quantitative estimate of drug-likeness (QED) is 0.572. The SMILES string of the molecule is Cc1ccc(C)c(C(=O)Oc2ccc(Br)cc2Cl)c1. The number of aryl methyl sites for hydroxylation is 2. The van der Waals surface area contributed by atoms with Gasteiger partial charge in [-0.25, -0.2) is 4.79 Å². The minimum atomic E-state index is -0.398. The summed E-state index contributed by atoms with van der Waals surface area (Å²) < 4.78 is 6.17. The molecule has 0 atom stereocenters. The minimum absolute atomic E-state index is 0.357. The van der Waals surface area contributed by atoms with Crippen LogP contribution in [0.3, 0.4) is 0 Å². The smallest absolute Gasteiger partial charge is 0.343 e. The molecular formula is C15H12BrClO2. The average molecular weight is 340 g/mol. The molecule has 0 N–H and O–H groups in total. The second-order valence-corrected chi connectivity index (χ2v) is 5.61. The molecule has 0 fully saturated rings. The van der Waals surface area contributed by atoms with Crippen molar-refractivity contribution in [1.82, 2.24) is 0 Å². The number of hydrogen-bond acceptors (Lipinski definition) is 2. The lowest BCUT2D eigenvalue weighted by Gasteiger charge is -2.09. The molecule has 0 unspecified atom stereocenters. The number of rotatable bonds is 2. The molecule has 0 bridgehead atoms. The first kappa shape index (κ1) is 14.1. The van der Waals surface area contributed by atoms with Gasteiger partial charge in [0.15, 0.2) is 0 Å². The van der Waals surface area contributed by atoms with E-state index < -0.39 is 5.97 Å². The first-order chi connectivity index (χ1) is 8.97. The normalized spacial score (nSPS) is 10.3.